The van der Waals surface area contributed by atoms with Gasteiger partial charge in [0.2, 0.25) is 10.0 Å². The zero-order valence-electron chi connectivity index (χ0n) is 11.1. The van der Waals surface area contributed by atoms with E-state index in [1.54, 1.807) is 0 Å². The maximum atomic E-state index is 10.7. The number of nitrogens with two attached hydrogens (primary N) is 1. The molecule has 0 aromatic heterocycles. The van der Waals surface area contributed by atoms with Gasteiger partial charge in [-0.15, -0.1) is 0 Å². The predicted molar refractivity (Wildman–Crippen MR) is 73.2 cm³/mol. The van der Waals surface area contributed by atoms with Gasteiger partial charge in [0, 0.05) is 0 Å². The lowest BCUT2D eigenvalue weighted by Gasteiger charge is -2.23. The lowest BCUT2D eigenvalue weighted by Crippen LogP contribution is -2.21. The van der Waals surface area contributed by atoms with Crippen molar-refractivity contribution in [3.05, 3.63) is 29.8 Å². The molecule has 0 bridgehead atoms. The predicted octanol–water partition coefficient (Wildman–Crippen LogP) is 2.04. The van der Waals surface area contributed by atoms with Crippen LogP contribution >= 0.6 is 0 Å². The Balaban J connectivity index is 2.61. The molecule has 1 aromatic rings. The summed E-state index contributed by atoms with van der Waals surface area (Å²) in [7, 11) is -3.45. The molecule has 0 fully saturated rings. The molecule has 0 unspecified atom stereocenters. The first-order valence-electron chi connectivity index (χ1n) is 5.98. The number of primary sulfonamides is 1. The van der Waals surface area contributed by atoms with E-state index in [-0.39, 0.29) is 17.8 Å². The van der Waals surface area contributed by atoms with E-state index in [0.717, 1.165) is 6.42 Å². The second kappa shape index (κ2) is 5.71. The topological polar surface area (TPSA) is 69.4 Å². The number of ether oxygens (including phenoxy) is 1. The Kier molecular flexibility index (Phi) is 4.76. The molecule has 18 heavy (non-hydrogen) atoms. The van der Waals surface area contributed by atoms with Gasteiger partial charge in [0.25, 0.3) is 0 Å². The monoisotopic (exact) mass is 271 g/mol. The van der Waals surface area contributed by atoms with Crippen LogP contribution in [0.15, 0.2) is 24.3 Å². The first-order chi connectivity index (χ1) is 8.24. The van der Waals surface area contributed by atoms with E-state index in [1.165, 1.54) is 5.56 Å². The van der Waals surface area contributed by atoms with E-state index in [0.29, 0.717) is 5.75 Å². The number of sulfonamides is 1. The van der Waals surface area contributed by atoms with E-state index in [2.05, 4.69) is 20.8 Å². The Morgan fingerprint density at radius 3 is 2.22 bits per heavy atom. The fraction of sp³-hybridized carbons (Fsp3) is 0.538. The molecular formula is C13H21NO3S. The molecule has 102 valence electrons. The van der Waals surface area contributed by atoms with Gasteiger partial charge in [0.05, 0.1) is 5.75 Å². The normalized spacial score (nSPS) is 12.4. The summed E-state index contributed by atoms with van der Waals surface area (Å²) in [6, 6.07) is 7.73. The summed E-state index contributed by atoms with van der Waals surface area (Å²) in [5.41, 5.74) is 1.38. The third-order valence-corrected chi connectivity index (χ3v) is 3.89. The van der Waals surface area contributed by atoms with E-state index in [1.807, 2.05) is 24.3 Å². The van der Waals surface area contributed by atoms with Gasteiger partial charge in [-0.1, -0.05) is 32.9 Å². The Hall–Kier alpha value is -1.07. The molecule has 2 N–H and O–H groups in total. The molecule has 0 saturated heterocycles. The number of hydrogen-bond acceptors (Lipinski definition) is 3. The van der Waals surface area contributed by atoms with Crippen LogP contribution in [0.5, 0.6) is 5.75 Å². The van der Waals surface area contributed by atoms with Crippen molar-refractivity contribution < 1.29 is 13.2 Å². The van der Waals surface area contributed by atoms with Crippen molar-refractivity contribution in [2.75, 3.05) is 12.4 Å². The first kappa shape index (κ1) is 15.0. The second-order valence-electron chi connectivity index (χ2n) is 4.98. The van der Waals surface area contributed by atoms with Crippen LogP contribution in [0, 0.1) is 0 Å². The highest BCUT2D eigenvalue weighted by Gasteiger charge is 2.17. The quantitative estimate of drug-likeness (QED) is 0.860. The summed E-state index contributed by atoms with van der Waals surface area (Å²) >= 11 is 0. The van der Waals surface area contributed by atoms with E-state index < -0.39 is 10.0 Å². The van der Waals surface area contributed by atoms with Crippen LogP contribution in [0.25, 0.3) is 0 Å². The highest BCUT2D eigenvalue weighted by molar-refractivity contribution is 7.89. The molecule has 0 saturated carbocycles. The van der Waals surface area contributed by atoms with Crippen LogP contribution in [0.2, 0.25) is 0 Å². The fourth-order valence-corrected chi connectivity index (χ4v) is 1.80. The van der Waals surface area contributed by atoms with Crippen LogP contribution in [-0.2, 0) is 15.4 Å². The van der Waals surface area contributed by atoms with Crippen LogP contribution in [0.4, 0.5) is 0 Å². The van der Waals surface area contributed by atoms with Crippen molar-refractivity contribution in [1.82, 2.24) is 0 Å². The summed E-state index contributed by atoms with van der Waals surface area (Å²) < 4.78 is 26.8. The lowest BCUT2D eigenvalue weighted by molar-refractivity contribution is 0.340. The zero-order valence-corrected chi connectivity index (χ0v) is 12.0. The molecule has 0 radical (unpaired) electrons. The molecule has 1 rings (SSSR count). The molecule has 4 nitrogen and oxygen atoms in total. The Labute approximate surface area is 109 Å². The summed E-state index contributed by atoms with van der Waals surface area (Å²) in [6.07, 6.45) is 1.05. The fourth-order valence-electron chi connectivity index (χ4n) is 1.48. The molecule has 0 atom stereocenters. The molecule has 0 heterocycles. The van der Waals surface area contributed by atoms with Gasteiger partial charge in [-0.25, -0.2) is 13.6 Å². The van der Waals surface area contributed by atoms with Gasteiger partial charge in [-0.3, -0.25) is 0 Å². The highest BCUT2D eigenvalue weighted by atomic mass is 32.2. The molecule has 1 aromatic carbocycles. The molecule has 0 spiro atoms. The molecule has 0 aliphatic heterocycles. The highest BCUT2D eigenvalue weighted by Crippen LogP contribution is 2.27. The summed E-state index contributed by atoms with van der Waals surface area (Å²) in [5, 5.41) is 4.89. The molecule has 0 aliphatic carbocycles. The van der Waals surface area contributed by atoms with Crippen molar-refractivity contribution in [3.8, 4) is 5.75 Å². The van der Waals surface area contributed by atoms with E-state index in [4.69, 9.17) is 9.88 Å². The lowest BCUT2D eigenvalue weighted by atomic mass is 9.82. The maximum Gasteiger partial charge on any atom is 0.212 e. The van der Waals surface area contributed by atoms with E-state index >= 15 is 0 Å². The number of benzene rings is 1. The van der Waals surface area contributed by atoms with E-state index in [9.17, 15) is 8.42 Å². The maximum absolute atomic E-state index is 10.7. The van der Waals surface area contributed by atoms with Gasteiger partial charge < -0.3 is 4.74 Å². The smallest absolute Gasteiger partial charge is 0.212 e. The number of hydrogen-bond donors (Lipinski definition) is 1. The Morgan fingerprint density at radius 2 is 1.78 bits per heavy atom. The SMILES string of the molecule is CCC(C)(C)c1ccc(OCCS(N)(=O)=O)cc1. The average molecular weight is 271 g/mol. The van der Waals surface area contributed by atoms with Gasteiger partial charge in [0.1, 0.15) is 12.4 Å². The molecule has 5 heteroatoms. The van der Waals surface area contributed by atoms with Gasteiger partial charge in [-0.2, -0.15) is 0 Å². The summed E-state index contributed by atoms with van der Waals surface area (Å²) in [6.45, 7) is 6.60. The second-order valence-corrected chi connectivity index (χ2v) is 6.71. The largest absolute Gasteiger partial charge is 0.492 e. The summed E-state index contributed by atoms with van der Waals surface area (Å²) in [4.78, 5) is 0. The Morgan fingerprint density at radius 1 is 1.22 bits per heavy atom. The third kappa shape index (κ3) is 4.66. The average Bonchev–Trinajstić information content (AvgIpc) is 2.28. The minimum Gasteiger partial charge on any atom is -0.492 e. The van der Waals surface area contributed by atoms with Crippen molar-refractivity contribution in [2.45, 2.75) is 32.6 Å². The Bertz CT molecular complexity index is 477. The minimum absolute atomic E-state index is 0.0787. The van der Waals surface area contributed by atoms with Crippen LogP contribution in [0.1, 0.15) is 32.8 Å². The van der Waals surface area contributed by atoms with Crippen molar-refractivity contribution in [3.63, 3.8) is 0 Å². The minimum atomic E-state index is -3.45. The van der Waals surface area contributed by atoms with Gasteiger partial charge in [0.15, 0.2) is 0 Å². The van der Waals surface area contributed by atoms with Crippen LogP contribution < -0.4 is 9.88 Å². The first-order valence-corrected chi connectivity index (χ1v) is 7.70. The van der Waals surface area contributed by atoms with Gasteiger partial charge >= 0.3 is 0 Å². The molecule has 0 amide bonds. The van der Waals surface area contributed by atoms with Gasteiger partial charge in [-0.05, 0) is 29.5 Å². The number of rotatable bonds is 6. The van der Waals surface area contributed by atoms with Crippen LogP contribution in [0.3, 0.4) is 0 Å². The zero-order chi connectivity index (χ0) is 13.8. The van der Waals surface area contributed by atoms with Crippen molar-refractivity contribution >= 4 is 10.0 Å². The summed E-state index contributed by atoms with van der Waals surface area (Å²) in [5.74, 6) is 0.490. The van der Waals surface area contributed by atoms with Crippen molar-refractivity contribution in [1.29, 1.82) is 0 Å². The third-order valence-electron chi connectivity index (χ3n) is 3.16. The standard InChI is InChI=1S/C13H21NO3S/c1-4-13(2,3)11-5-7-12(8-6-11)17-9-10-18(14,15)16/h5-8H,4,9-10H2,1-3H3,(H2,14,15,16). The molecular weight excluding hydrogens is 250 g/mol. The van der Waals surface area contributed by atoms with Crippen molar-refractivity contribution in [2.24, 2.45) is 5.14 Å². The van der Waals surface area contributed by atoms with Crippen LogP contribution in [-0.4, -0.2) is 20.8 Å². The molecule has 0 aliphatic rings.